The molecule has 0 fully saturated rings. The molecule has 0 radical (unpaired) electrons. The number of nitrogens with one attached hydrogen (secondary N) is 2. The van der Waals surface area contributed by atoms with Gasteiger partial charge in [-0.25, -0.2) is 0 Å². The molecule has 0 spiro atoms. The van der Waals surface area contributed by atoms with Gasteiger partial charge in [-0.2, -0.15) is 0 Å². The SMILES string of the molecule is COc1ccc(NC(=O)CN(C)CC(=O)Nc2ccc(OC)c(OC)c2)cc1. The van der Waals surface area contributed by atoms with Crippen LogP contribution in [0.5, 0.6) is 17.2 Å². The Balaban J connectivity index is 1.83. The zero-order valence-corrected chi connectivity index (χ0v) is 16.4. The lowest BCUT2D eigenvalue weighted by atomic mass is 10.2. The van der Waals surface area contributed by atoms with Crippen LogP contribution in [0.4, 0.5) is 11.4 Å². The van der Waals surface area contributed by atoms with E-state index in [0.29, 0.717) is 28.6 Å². The van der Waals surface area contributed by atoms with E-state index in [0.717, 1.165) is 0 Å². The number of nitrogens with zero attached hydrogens (tertiary/aromatic N) is 1. The third-order valence-corrected chi connectivity index (χ3v) is 3.87. The number of amides is 2. The topological polar surface area (TPSA) is 89.1 Å². The Hall–Kier alpha value is -3.26. The monoisotopic (exact) mass is 387 g/mol. The van der Waals surface area contributed by atoms with E-state index in [1.807, 2.05) is 0 Å². The molecular weight excluding hydrogens is 362 g/mol. The number of anilines is 2. The maximum atomic E-state index is 12.2. The summed E-state index contributed by atoms with van der Waals surface area (Å²) in [7, 11) is 6.35. The molecule has 0 unspecified atom stereocenters. The van der Waals surface area contributed by atoms with E-state index in [1.165, 1.54) is 7.11 Å². The van der Waals surface area contributed by atoms with Gasteiger partial charge in [0.05, 0.1) is 34.4 Å². The van der Waals surface area contributed by atoms with Crippen LogP contribution >= 0.6 is 0 Å². The van der Waals surface area contributed by atoms with Gasteiger partial charge in [-0.15, -0.1) is 0 Å². The second-order valence-corrected chi connectivity index (χ2v) is 6.07. The molecule has 0 aliphatic heterocycles. The normalized spacial score (nSPS) is 10.3. The van der Waals surface area contributed by atoms with E-state index >= 15 is 0 Å². The lowest BCUT2D eigenvalue weighted by Crippen LogP contribution is -2.36. The molecule has 0 bridgehead atoms. The summed E-state index contributed by atoms with van der Waals surface area (Å²) >= 11 is 0. The fourth-order valence-corrected chi connectivity index (χ4v) is 2.54. The lowest BCUT2D eigenvalue weighted by molar-refractivity contribution is -0.119. The third-order valence-electron chi connectivity index (χ3n) is 3.87. The van der Waals surface area contributed by atoms with Crippen molar-refractivity contribution >= 4 is 23.2 Å². The quantitative estimate of drug-likeness (QED) is 0.686. The second kappa shape index (κ2) is 10.2. The summed E-state index contributed by atoms with van der Waals surface area (Å²) in [5.74, 6) is 1.35. The molecular formula is C20H25N3O5. The fraction of sp³-hybridized carbons (Fsp3) is 0.300. The van der Waals surface area contributed by atoms with Crippen LogP contribution in [0.3, 0.4) is 0 Å². The van der Waals surface area contributed by atoms with Crippen LogP contribution in [0, 0.1) is 0 Å². The summed E-state index contributed by atoms with van der Waals surface area (Å²) in [5, 5.41) is 5.55. The number of likely N-dealkylation sites (N-methyl/N-ethyl adjacent to an activating group) is 1. The minimum Gasteiger partial charge on any atom is -0.497 e. The molecule has 2 aromatic carbocycles. The molecule has 0 saturated carbocycles. The number of carbonyl (C=O) groups is 2. The molecule has 28 heavy (non-hydrogen) atoms. The van der Waals surface area contributed by atoms with E-state index in [-0.39, 0.29) is 24.9 Å². The van der Waals surface area contributed by atoms with Crippen molar-refractivity contribution in [1.29, 1.82) is 0 Å². The first-order valence-electron chi connectivity index (χ1n) is 8.59. The number of carbonyl (C=O) groups excluding carboxylic acids is 2. The Morgan fingerprint density at radius 3 is 1.86 bits per heavy atom. The molecule has 8 nitrogen and oxygen atoms in total. The average Bonchev–Trinajstić information content (AvgIpc) is 2.68. The van der Waals surface area contributed by atoms with Crippen molar-refractivity contribution in [1.82, 2.24) is 4.90 Å². The van der Waals surface area contributed by atoms with Gasteiger partial charge in [0.25, 0.3) is 0 Å². The van der Waals surface area contributed by atoms with Crippen molar-refractivity contribution in [2.45, 2.75) is 0 Å². The number of hydrogen-bond donors (Lipinski definition) is 2. The maximum Gasteiger partial charge on any atom is 0.238 e. The highest BCUT2D eigenvalue weighted by molar-refractivity contribution is 5.94. The first kappa shape index (κ1) is 21.0. The first-order chi connectivity index (χ1) is 13.4. The van der Waals surface area contributed by atoms with Crippen LogP contribution in [0.2, 0.25) is 0 Å². The van der Waals surface area contributed by atoms with Crippen LogP contribution < -0.4 is 24.8 Å². The van der Waals surface area contributed by atoms with Gasteiger partial charge in [-0.3, -0.25) is 14.5 Å². The van der Waals surface area contributed by atoms with Crippen LogP contribution in [0.25, 0.3) is 0 Å². The van der Waals surface area contributed by atoms with Gasteiger partial charge in [-0.1, -0.05) is 0 Å². The van der Waals surface area contributed by atoms with E-state index in [1.54, 1.807) is 68.6 Å². The highest BCUT2D eigenvalue weighted by atomic mass is 16.5. The molecule has 0 aliphatic carbocycles. The fourth-order valence-electron chi connectivity index (χ4n) is 2.54. The highest BCUT2D eigenvalue weighted by Gasteiger charge is 2.12. The molecule has 0 aliphatic rings. The van der Waals surface area contributed by atoms with Gasteiger partial charge in [0, 0.05) is 17.4 Å². The predicted octanol–water partition coefficient (Wildman–Crippen LogP) is 2.22. The smallest absolute Gasteiger partial charge is 0.238 e. The van der Waals surface area contributed by atoms with Crippen molar-refractivity contribution in [2.75, 3.05) is 52.1 Å². The molecule has 2 amide bonds. The van der Waals surface area contributed by atoms with Crippen LogP contribution in [0.1, 0.15) is 0 Å². The lowest BCUT2D eigenvalue weighted by Gasteiger charge is -2.16. The zero-order valence-electron chi connectivity index (χ0n) is 16.4. The largest absolute Gasteiger partial charge is 0.497 e. The standard InChI is InChI=1S/C20H25N3O5/c1-23(12-19(24)21-14-5-8-16(26-2)9-6-14)13-20(25)22-15-7-10-17(27-3)18(11-15)28-4/h5-11H,12-13H2,1-4H3,(H,21,24)(H,22,25). The Bertz CT molecular complexity index is 808. The average molecular weight is 387 g/mol. The Labute approximate surface area is 164 Å². The number of benzene rings is 2. The van der Waals surface area contributed by atoms with Gasteiger partial charge in [-0.05, 0) is 43.4 Å². The van der Waals surface area contributed by atoms with Crippen LogP contribution in [-0.2, 0) is 9.59 Å². The van der Waals surface area contributed by atoms with Gasteiger partial charge in [0.15, 0.2) is 11.5 Å². The summed E-state index contributed by atoms with van der Waals surface area (Å²) in [5.41, 5.74) is 1.24. The van der Waals surface area contributed by atoms with E-state index in [2.05, 4.69) is 10.6 Å². The molecule has 8 heteroatoms. The zero-order chi connectivity index (χ0) is 20.5. The summed E-state index contributed by atoms with van der Waals surface area (Å²) in [6, 6.07) is 12.1. The van der Waals surface area contributed by atoms with Crippen LogP contribution in [0.15, 0.2) is 42.5 Å². The van der Waals surface area contributed by atoms with Gasteiger partial charge >= 0.3 is 0 Å². The Morgan fingerprint density at radius 2 is 1.32 bits per heavy atom. The van der Waals surface area contributed by atoms with Gasteiger partial charge in [0.1, 0.15) is 5.75 Å². The third kappa shape index (κ3) is 6.17. The number of hydrogen-bond acceptors (Lipinski definition) is 6. The molecule has 0 aromatic heterocycles. The number of methoxy groups -OCH3 is 3. The predicted molar refractivity (Wildman–Crippen MR) is 107 cm³/mol. The number of rotatable bonds is 9. The maximum absolute atomic E-state index is 12.2. The summed E-state index contributed by atoms with van der Waals surface area (Å²) < 4.78 is 15.5. The minimum atomic E-state index is -0.244. The Kier molecular flexibility index (Phi) is 7.65. The van der Waals surface area contributed by atoms with E-state index in [9.17, 15) is 9.59 Å². The molecule has 0 heterocycles. The molecule has 2 rings (SSSR count). The van der Waals surface area contributed by atoms with Gasteiger partial charge < -0.3 is 24.8 Å². The second-order valence-electron chi connectivity index (χ2n) is 6.07. The Morgan fingerprint density at radius 1 is 0.786 bits per heavy atom. The number of ether oxygens (including phenoxy) is 3. The molecule has 150 valence electrons. The van der Waals surface area contributed by atoms with Crippen molar-refractivity contribution in [3.05, 3.63) is 42.5 Å². The minimum absolute atomic E-state index is 0.0599. The summed E-state index contributed by atoms with van der Waals surface area (Å²) in [6.07, 6.45) is 0. The highest BCUT2D eigenvalue weighted by Crippen LogP contribution is 2.29. The van der Waals surface area contributed by atoms with E-state index < -0.39 is 0 Å². The van der Waals surface area contributed by atoms with Crippen molar-refractivity contribution in [2.24, 2.45) is 0 Å². The van der Waals surface area contributed by atoms with Gasteiger partial charge in [0.2, 0.25) is 11.8 Å². The molecule has 2 N–H and O–H groups in total. The molecule has 0 saturated heterocycles. The molecule has 2 aromatic rings. The van der Waals surface area contributed by atoms with Crippen molar-refractivity contribution < 1.29 is 23.8 Å². The summed E-state index contributed by atoms with van der Waals surface area (Å²) in [4.78, 5) is 26.0. The van der Waals surface area contributed by atoms with Crippen molar-refractivity contribution in [3.63, 3.8) is 0 Å². The van der Waals surface area contributed by atoms with Crippen LogP contribution in [-0.4, -0.2) is 58.2 Å². The van der Waals surface area contributed by atoms with E-state index in [4.69, 9.17) is 14.2 Å². The molecule has 0 atom stereocenters. The summed E-state index contributed by atoms with van der Waals surface area (Å²) in [6.45, 7) is 0.135. The first-order valence-corrected chi connectivity index (χ1v) is 8.59. The van der Waals surface area contributed by atoms with Crippen molar-refractivity contribution in [3.8, 4) is 17.2 Å².